The van der Waals surface area contributed by atoms with Gasteiger partial charge in [-0.2, -0.15) is 4.37 Å². The van der Waals surface area contributed by atoms with Crippen molar-refractivity contribution in [1.82, 2.24) is 18.9 Å². The number of nitrogen functional groups attached to an aromatic ring is 1. The molecule has 3 rings (SSSR count). The normalized spacial score (nSPS) is 11.6. The molecule has 0 amide bonds. The number of hydrogen-bond donors (Lipinski definition) is 1. The van der Waals surface area contributed by atoms with E-state index >= 15 is 0 Å². The van der Waals surface area contributed by atoms with Gasteiger partial charge in [0.25, 0.3) is 0 Å². The van der Waals surface area contributed by atoms with E-state index in [4.69, 9.17) is 5.73 Å². The van der Waals surface area contributed by atoms with E-state index in [9.17, 15) is 0 Å². The molecule has 0 aliphatic rings. The molecule has 3 aromatic rings. The highest BCUT2D eigenvalue weighted by Gasteiger charge is 2.20. The average molecular weight is 273 g/mol. The zero-order valence-electron chi connectivity index (χ0n) is 11.1. The van der Waals surface area contributed by atoms with Gasteiger partial charge in [0.15, 0.2) is 5.65 Å². The molecule has 0 spiro atoms. The predicted molar refractivity (Wildman–Crippen MR) is 78.2 cm³/mol. The van der Waals surface area contributed by atoms with Crippen molar-refractivity contribution in [2.24, 2.45) is 0 Å². The van der Waals surface area contributed by atoms with Gasteiger partial charge in [0.1, 0.15) is 16.3 Å². The van der Waals surface area contributed by atoms with E-state index in [2.05, 4.69) is 32.8 Å². The molecule has 0 saturated carbocycles. The summed E-state index contributed by atoms with van der Waals surface area (Å²) in [4.78, 5) is 9.12. The molecule has 5 nitrogen and oxygen atoms in total. The Hall–Kier alpha value is -1.95. The SMILES string of the molecule is Cc1nsc(N)c1-c1nc2cccnc2n1C(C)C. The van der Waals surface area contributed by atoms with Crippen LogP contribution in [0.2, 0.25) is 0 Å². The number of rotatable bonds is 2. The monoisotopic (exact) mass is 273 g/mol. The molecule has 0 atom stereocenters. The van der Waals surface area contributed by atoms with Crippen LogP contribution in [0.3, 0.4) is 0 Å². The lowest BCUT2D eigenvalue weighted by atomic mass is 10.2. The van der Waals surface area contributed by atoms with Gasteiger partial charge in [-0.05, 0) is 44.4 Å². The van der Waals surface area contributed by atoms with E-state index in [1.807, 2.05) is 19.1 Å². The second-order valence-corrected chi connectivity index (χ2v) is 5.56. The van der Waals surface area contributed by atoms with Crippen LogP contribution in [0.15, 0.2) is 18.3 Å². The standard InChI is InChI=1S/C13H15N5S/c1-7(2)18-12-9(5-4-6-15-12)16-13(18)10-8(3)17-19-11(10)14/h4-7H,14H2,1-3H3. The molecule has 3 aromatic heterocycles. The lowest BCUT2D eigenvalue weighted by Crippen LogP contribution is -2.05. The third-order valence-corrected chi connectivity index (χ3v) is 3.84. The first kappa shape index (κ1) is 12.1. The molecule has 19 heavy (non-hydrogen) atoms. The third kappa shape index (κ3) is 1.79. The minimum absolute atomic E-state index is 0.258. The number of pyridine rings is 1. The van der Waals surface area contributed by atoms with Gasteiger partial charge in [-0.25, -0.2) is 9.97 Å². The Morgan fingerprint density at radius 2 is 2.16 bits per heavy atom. The first-order chi connectivity index (χ1) is 9.09. The topological polar surface area (TPSA) is 69.6 Å². The fourth-order valence-electron chi connectivity index (χ4n) is 2.25. The van der Waals surface area contributed by atoms with Crippen molar-refractivity contribution >= 4 is 27.7 Å². The Balaban J connectivity index is 2.38. The minimum atomic E-state index is 0.258. The number of aromatic nitrogens is 4. The van der Waals surface area contributed by atoms with Gasteiger partial charge in [0, 0.05) is 12.2 Å². The molecule has 0 aliphatic heterocycles. The molecule has 6 heteroatoms. The van der Waals surface area contributed by atoms with Crippen molar-refractivity contribution in [3.63, 3.8) is 0 Å². The van der Waals surface area contributed by atoms with Crippen LogP contribution in [0, 0.1) is 6.92 Å². The number of aryl methyl sites for hydroxylation is 1. The van der Waals surface area contributed by atoms with E-state index < -0.39 is 0 Å². The summed E-state index contributed by atoms with van der Waals surface area (Å²) in [5.41, 5.74) is 9.66. The van der Waals surface area contributed by atoms with Gasteiger partial charge in [-0.1, -0.05) is 0 Å². The van der Waals surface area contributed by atoms with Crippen molar-refractivity contribution in [3.8, 4) is 11.4 Å². The predicted octanol–water partition coefficient (Wildman–Crippen LogP) is 3.03. The van der Waals surface area contributed by atoms with Gasteiger partial charge in [0.05, 0.1) is 11.3 Å². The summed E-state index contributed by atoms with van der Waals surface area (Å²) in [5.74, 6) is 0.854. The molecule has 3 heterocycles. The molecule has 98 valence electrons. The smallest absolute Gasteiger partial charge is 0.160 e. The maximum Gasteiger partial charge on any atom is 0.160 e. The van der Waals surface area contributed by atoms with Crippen molar-refractivity contribution in [2.75, 3.05) is 5.73 Å². The van der Waals surface area contributed by atoms with Crippen LogP contribution in [-0.2, 0) is 0 Å². The zero-order valence-corrected chi connectivity index (χ0v) is 11.9. The van der Waals surface area contributed by atoms with Crippen molar-refractivity contribution in [1.29, 1.82) is 0 Å². The molecule has 0 bridgehead atoms. The van der Waals surface area contributed by atoms with Crippen LogP contribution in [0.1, 0.15) is 25.6 Å². The Morgan fingerprint density at radius 1 is 1.37 bits per heavy atom. The molecule has 0 radical (unpaired) electrons. The summed E-state index contributed by atoms with van der Waals surface area (Å²) >= 11 is 1.31. The average Bonchev–Trinajstić information content (AvgIpc) is 2.89. The summed E-state index contributed by atoms with van der Waals surface area (Å²) in [5, 5.41) is 0.703. The Bertz CT molecular complexity index is 721. The van der Waals surface area contributed by atoms with Gasteiger partial charge in [-0.15, -0.1) is 0 Å². The third-order valence-electron chi connectivity index (χ3n) is 3.08. The fraction of sp³-hybridized carbons (Fsp3) is 0.308. The first-order valence-electron chi connectivity index (χ1n) is 6.14. The summed E-state index contributed by atoms with van der Waals surface area (Å²) in [6.07, 6.45) is 1.79. The van der Waals surface area contributed by atoms with Crippen LogP contribution in [0.5, 0.6) is 0 Å². The van der Waals surface area contributed by atoms with Crippen molar-refractivity contribution in [3.05, 3.63) is 24.0 Å². The van der Waals surface area contributed by atoms with E-state index in [1.54, 1.807) is 6.20 Å². The number of anilines is 1. The maximum atomic E-state index is 6.05. The summed E-state index contributed by atoms with van der Waals surface area (Å²) < 4.78 is 6.42. The highest BCUT2D eigenvalue weighted by molar-refractivity contribution is 7.10. The largest absolute Gasteiger partial charge is 0.389 e. The van der Waals surface area contributed by atoms with Crippen LogP contribution in [0.4, 0.5) is 5.00 Å². The van der Waals surface area contributed by atoms with Gasteiger partial charge in [-0.3, -0.25) is 0 Å². The van der Waals surface area contributed by atoms with Crippen molar-refractivity contribution < 1.29 is 0 Å². The van der Waals surface area contributed by atoms with E-state index in [0.29, 0.717) is 5.00 Å². The summed E-state index contributed by atoms with van der Waals surface area (Å²) in [7, 11) is 0. The van der Waals surface area contributed by atoms with E-state index in [-0.39, 0.29) is 6.04 Å². The van der Waals surface area contributed by atoms with Crippen LogP contribution < -0.4 is 5.73 Å². The highest BCUT2D eigenvalue weighted by atomic mass is 32.1. The number of hydrogen-bond acceptors (Lipinski definition) is 5. The second-order valence-electron chi connectivity index (χ2n) is 4.75. The molecule has 0 fully saturated rings. The van der Waals surface area contributed by atoms with Gasteiger partial charge >= 0.3 is 0 Å². The number of nitrogens with two attached hydrogens (primary N) is 1. The first-order valence-corrected chi connectivity index (χ1v) is 6.92. The van der Waals surface area contributed by atoms with E-state index in [1.165, 1.54) is 11.5 Å². The molecule has 0 aliphatic carbocycles. The molecule has 2 N–H and O–H groups in total. The summed E-state index contributed by atoms with van der Waals surface area (Å²) in [6.45, 7) is 6.19. The Labute approximate surface area is 115 Å². The van der Waals surface area contributed by atoms with Crippen LogP contribution in [-0.4, -0.2) is 18.9 Å². The molecule has 0 aromatic carbocycles. The Kier molecular flexibility index (Phi) is 2.74. The molecule has 0 saturated heterocycles. The Morgan fingerprint density at radius 3 is 2.79 bits per heavy atom. The fourth-order valence-corrected chi connectivity index (χ4v) is 2.91. The van der Waals surface area contributed by atoms with Crippen molar-refractivity contribution in [2.45, 2.75) is 26.8 Å². The molecule has 0 unspecified atom stereocenters. The molecular weight excluding hydrogens is 258 g/mol. The van der Waals surface area contributed by atoms with Gasteiger partial charge in [0.2, 0.25) is 0 Å². The zero-order chi connectivity index (χ0) is 13.6. The highest BCUT2D eigenvalue weighted by Crippen LogP contribution is 2.34. The van der Waals surface area contributed by atoms with Crippen LogP contribution in [0.25, 0.3) is 22.6 Å². The van der Waals surface area contributed by atoms with Gasteiger partial charge < -0.3 is 10.3 Å². The second kappa shape index (κ2) is 4.31. The quantitative estimate of drug-likeness (QED) is 0.779. The summed E-state index contributed by atoms with van der Waals surface area (Å²) in [6, 6.07) is 4.12. The lowest BCUT2D eigenvalue weighted by molar-refractivity contribution is 0.619. The lowest BCUT2D eigenvalue weighted by Gasteiger charge is -2.12. The molecular formula is C13H15N5S. The number of nitrogens with zero attached hydrogens (tertiary/aromatic N) is 4. The number of fused-ring (bicyclic) bond motifs is 1. The van der Waals surface area contributed by atoms with Crippen LogP contribution >= 0.6 is 11.5 Å². The maximum absolute atomic E-state index is 6.05. The number of imidazole rings is 1. The minimum Gasteiger partial charge on any atom is -0.389 e. The van der Waals surface area contributed by atoms with E-state index in [0.717, 1.165) is 28.2 Å².